The van der Waals surface area contributed by atoms with Crippen LogP contribution in [0.3, 0.4) is 0 Å². The molecule has 0 unspecified atom stereocenters. The third-order valence-corrected chi connectivity index (χ3v) is 5.81. The summed E-state index contributed by atoms with van der Waals surface area (Å²) in [5.74, 6) is 0.197. The summed E-state index contributed by atoms with van der Waals surface area (Å²) in [6, 6.07) is 22.0. The third kappa shape index (κ3) is 3.75. The second kappa shape index (κ2) is 8.20. The number of pyridine rings is 1. The summed E-state index contributed by atoms with van der Waals surface area (Å²) in [4.78, 5) is 16.4. The maximum atomic E-state index is 13.8. The number of aromatic amines is 1. The molecule has 0 bridgehead atoms. The van der Waals surface area contributed by atoms with E-state index in [0.717, 1.165) is 16.6 Å². The Morgan fingerprint density at radius 1 is 0.903 bits per heavy atom. The van der Waals surface area contributed by atoms with Crippen LogP contribution in [0.2, 0.25) is 0 Å². The van der Waals surface area contributed by atoms with Crippen molar-refractivity contribution in [2.24, 2.45) is 0 Å². The molecular weight excluding hydrogens is 413 g/mol. The van der Waals surface area contributed by atoms with Gasteiger partial charge in [0, 0.05) is 22.9 Å². The van der Waals surface area contributed by atoms with Gasteiger partial charge in [0.2, 0.25) is 5.43 Å². The number of halogens is 1. The Labute approximate surface area is 181 Å². The topological polar surface area (TPSA) is 71.8 Å². The van der Waals surface area contributed by atoms with Gasteiger partial charge in [-0.05, 0) is 23.3 Å². The largest absolute Gasteiger partial charge is 0.411 e. The van der Waals surface area contributed by atoms with Crippen LogP contribution in [0.25, 0.3) is 33.5 Å². The second-order valence-corrected chi connectivity index (χ2v) is 7.81. The van der Waals surface area contributed by atoms with Gasteiger partial charge in [-0.15, -0.1) is 10.2 Å². The first-order valence-electron chi connectivity index (χ1n) is 9.60. The van der Waals surface area contributed by atoms with E-state index in [1.165, 1.54) is 17.8 Å². The number of para-hydroxylation sites is 1. The minimum absolute atomic E-state index is 0.129. The number of benzene rings is 3. The third-order valence-electron chi connectivity index (χ3n) is 4.95. The van der Waals surface area contributed by atoms with Gasteiger partial charge in [0.05, 0.1) is 5.52 Å². The summed E-state index contributed by atoms with van der Waals surface area (Å²) < 4.78 is 19.5. The SMILES string of the molecule is O=c1c(-c2nnc(SCc3ccccc3F)o2)c[nH]c2c(-c3ccccc3)cccc12. The van der Waals surface area contributed by atoms with Gasteiger partial charge in [-0.2, -0.15) is 0 Å². The molecule has 31 heavy (non-hydrogen) atoms. The zero-order chi connectivity index (χ0) is 21.2. The molecule has 0 fully saturated rings. The molecule has 7 heteroatoms. The van der Waals surface area contributed by atoms with Crippen molar-refractivity contribution in [3.05, 3.63) is 101 Å². The number of nitrogens with zero attached hydrogens (tertiary/aromatic N) is 2. The molecule has 0 saturated carbocycles. The highest BCUT2D eigenvalue weighted by atomic mass is 32.2. The highest BCUT2D eigenvalue weighted by Crippen LogP contribution is 2.28. The summed E-state index contributed by atoms with van der Waals surface area (Å²) >= 11 is 1.22. The first-order chi connectivity index (χ1) is 15.2. The maximum Gasteiger partial charge on any atom is 0.277 e. The number of thioether (sulfide) groups is 1. The molecule has 1 N–H and O–H groups in total. The number of aromatic nitrogens is 3. The standard InChI is InChI=1S/C24H16FN3O2S/c25-20-12-5-4-9-16(20)14-31-24-28-27-23(30-24)19-13-26-21-17(15-7-2-1-3-8-15)10-6-11-18(21)22(19)29/h1-13H,14H2,(H,26,29). The lowest BCUT2D eigenvalue weighted by atomic mass is 10.0. The summed E-state index contributed by atoms with van der Waals surface area (Å²) in [6.45, 7) is 0. The van der Waals surface area contributed by atoms with E-state index in [1.807, 2.05) is 42.5 Å². The Morgan fingerprint density at radius 2 is 1.71 bits per heavy atom. The number of H-pyrrole nitrogens is 1. The van der Waals surface area contributed by atoms with E-state index in [0.29, 0.717) is 22.3 Å². The van der Waals surface area contributed by atoms with Crippen LogP contribution in [0.1, 0.15) is 5.56 Å². The first-order valence-corrected chi connectivity index (χ1v) is 10.6. The van der Waals surface area contributed by atoms with Crippen LogP contribution >= 0.6 is 11.8 Å². The van der Waals surface area contributed by atoms with Gasteiger partial charge in [0.1, 0.15) is 11.4 Å². The van der Waals surface area contributed by atoms with Gasteiger partial charge in [-0.25, -0.2) is 4.39 Å². The van der Waals surface area contributed by atoms with Crippen LogP contribution in [0.5, 0.6) is 0 Å². The monoisotopic (exact) mass is 429 g/mol. The van der Waals surface area contributed by atoms with Gasteiger partial charge >= 0.3 is 0 Å². The quantitative estimate of drug-likeness (QED) is 0.364. The molecule has 152 valence electrons. The van der Waals surface area contributed by atoms with E-state index in [4.69, 9.17) is 4.42 Å². The molecule has 2 aromatic heterocycles. The normalized spacial score (nSPS) is 11.1. The van der Waals surface area contributed by atoms with Gasteiger partial charge in [-0.1, -0.05) is 72.4 Å². The van der Waals surface area contributed by atoms with Crippen molar-refractivity contribution in [1.29, 1.82) is 0 Å². The molecule has 5 rings (SSSR count). The molecule has 5 nitrogen and oxygen atoms in total. The molecule has 0 atom stereocenters. The molecule has 5 aromatic rings. The van der Waals surface area contributed by atoms with Crippen LogP contribution in [0.15, 0.2) is 93.4 Å². The summed E-state index contributed by atoms with van der Waals surface area (Å²) in [7, 11) is 0. The van der Waals surface area contributed by atoms with Gasteiger partial charge in [0.15, 0.2) is 0 Å². The van der Waals surface area contributed by atoms with Crippen LogP contribution in [-0.2, 0) is 5.75 Å². The molecule has 0 aliphatic carbocycles. The van der Waals surface area contributed by atoms with E-state index in [1.54, 1.807) is 30.5 Å². The average Bonchev–Trinajstić information content (AvgIpc) is 3.28. The number of fused-ring (bicyclic) bond motifs is 1. The van der Waals surface area contributed by atoms with Crippen LogP contribution in [0.4, 0.5) is 4.39 Å². The highest BCUT2D eigenvalue weighted by Gasteiger charge is 2.16. The molecule has 0 saturated heterocycles. The molecule has 2 heterocycles. The zero-order valence-electron chi connectivity index (χ0n) is 16.2. The predicted octanol–water partition coefficient (Wildman–Crippen LogP) is 5.68. The van der Waals surface area contributed by atoms with E-state index >= 15 is 0 Å². The van der Waals surface area contributed by atoms with Gasteiger partial charge < -0.3 is 9.40 Å². The lowest BCUT2D eigenvalue weighted by Crippen LogP contribution is -2.07. The summed E-state index contributed by atoms with van der Waals surface area (Å²) in [6.07, 6.45) is 1.59. The smallest absolute Gasteiger partial charge is 0.277 e. The Balaban J connectivity index is 1.47. The van der Waals surface area contributed by atoms with E-state index < -0.39 is 0 Å². The Bertz CT molecular complexity index is 1430. The van der Waals surface area contributed by atoms with Crippen molar-refractivity contribution in [3.63, 3.8) is 0 Å². The molecule has 3 aromatic carbocycles. The summed E-state index contributed by atoms with van der Waals surface area (Å²) in [5.41, 5.74) is 3.35. The maximum absolute atomic E-state index is 13.8. The van der Waals surface area contributed by atoms with E-state index in [-0.39, 0.29) is 22.4 Å². The van der Waals surface area contributed by atoms with Crippen LogP contribution in [0, 0.1) is 5.82 Å². The number of rotatable bonds is 5. The molecule has 0 radical (unpaired) electrons. The van der Waals surface area contributed by atoms with Crippen molar-refractivity contribution in [1.82, 2.24) is 15.2 Å². The number of hydrogen-bond acceptors (Lipinski definition) is 5. The molecule has 0 spiro atoms. The lowest BCUT2D eigenvalue weighted by molar-refractivity contribution is 0.465. The van der Waals surface area contributed by atoms with Crippen molar-refractivity contribution >= 4 is 22.7 Å². The fourth-order valence-corrected chi connectivity index (χ4v) is 4.15. The molecular formula is C24H16FN3O2S. The Hall–Kier alpha value is -3.71. The molecule has 0 aliphatic rings. The van der Waals surface area contributed by atoms with Crippen LogP contribution in [-0.4, -0.2) is 15.2 Å². The first kappa shape index (κ1) is 19.3. The fraction of sp³-hybridized carbons (Fsp3) is 0.0417. The van der Waals surface area contributed by atoms with Crippen molar-refractivity contribution in [2.45, 2.75) is 11.0 Å². The second-order valence-electron chi connectivity index (χ2n) is 6.88. The van der Waals surface area contributed by atoms with E-state index in [9.17, 15) is 9.18 Å². The van der Waals surface area contributed by atoms with Gasteiger partial charge in [-0.3, -0.25) is 4.79 Å². The Kier molecular flexibility index (Phi) is 5.09. The van der Waals surface area contributed by atoms with Crippen molar-refractivity contribution in [3.8, 4) is 22.6 Å². The Morgan fingerprint density at radius 3 is 2.55 bits per heavy atom. The zero-order valence-corrected chi connectivity index (χ0v) is 17.0. The minimum Gasteiger partial charge on any atom is -0.411 e. The number of hydrogen-bond donors (Lipinski definition) is 1. The van der Waals surface area contributed by atoms with Gasteiger partial charge in [0.25, 0.3) is 11.1 Å². The fourth-order valence-electron chi connectivity index (χ4n) is 3.40. The predicted molar refractivity (Wildman–Crippen MR) is 119 cm³/mol. The average molecular weight is 429 g/mol. The molecule has 0 aliphatic heterocycles. The highest BCUT2D eigenvalue weighted by molar-refractivity contribution is 7.98. The lowest BCUT2D eigenvalue weighted by Gasteiger charge is -2.07. The van der Waals surface area contributed by atoms with Crippen LogP contribution < -0.4 is 5.43 Å². The summed E-state index contributed by atoms with van der Waals surface area (Å²) in [5, 5.41) is 8.83. The minimum atomic E-state index is -0.282. The van der Waals surface area contributed by atoms with E-state index in [2.05, 4.69) is 15.2 Å². The molecule has 0 amide bonds. The number of nitrogens with one attached hydrogen (secondary N) is 1. The van der Waals surface area contributed by atoms with Crippen molar-refractivity contribution in [2.75, 3.05) is 0 Å². The van der Waals surface area contributed by atoms with Crippen molar-refractivity contribution < 1.29 is 8.81 Å².